The second-order valence-electron chi connectivity index (χ2n) is 8.76. The second kappa shape index (κ2) is 8.65. The van der Waals surface area contributed by atoms with Crippen molar-refractivity contribution in [2.24, 2.45) is 0 Å². The molecule has 0 spiro atoms. The Hall–Kier alpha value is -4.15. The highest BCUT2D eigenvalue weighted by Crippen LogP contribution is 2.36. The van der Waals surface area contributed by atoms with Crippen LogP contribution in [0.4, 0.5) is 5.69 Å². The molecule has 34 heavy (non-hydrogen) atoms. The van der Waals surface area contributed by atoms with E-state index in [0.717, 1.165) is 41.9 Å². The number of hydrogen-bond acceptors (Lipinski definition) is 6. The Morgan fingerprint density at radius 2 is 1.91 bits per heavy atom. The molecule has 5 rings (SSSR count). The summed E-state index contributed by atoms with van der Waals surface area (Å²) in [6.45, 7) is 1.83. The highest BCUT2D eigenvalue weighted by atomic mass is 16.4. The number of likely N-dealkylation sites (N-methyl/N-ethyl adjacent to an activating group) is 1. The second-order valence-corrected chi connectivity index (χ2v) is 8.76. The summed E-state index contributed by atoms with van der Waals surface area (Å²) >= 11 is 0. The average Bonchev–Trinajstić information content (AvgIpc) is 3.51. The maximum Gasteiger partial charge on any atom is 0.335 e. The first kappa shape index (κ1) is 21.7. The van der Waals surface area contributed by atoms with Gasteiger partial charge in [-0.1, -0.05) is 18.2 Å². The zero-order valence-corrected chi connectivity index (χ0v) is 19.0. The van der Waals surface area contributed by atoms with Gasteiger partial charge in [0.05, 0.1) is 16.8 Å². The van der Waals surface area contributed by atoms with Crippen LogP contribution in [0, 0.1) is 11.3 Å². The molecule has 0 bridgehead atoms. The van der Waals surface area contributed by atoms with Crippen molar-refractivity contribution in [3.63, 3.8) is 0 Å². The van der Waals surface area contributed by atoms with Crippen molar-refractivity contribution >= 4 is 22.8 Å². The zero-order valence-electron chi connectivity index (χ0n) is 19.0. The van der Waals surface area contributed by atoms with Crippen molar-refractivity contribution in [1.29, 1.82) is 5.26 Å². The summed E-state index contributed by atoms with van der Waals surface area (Å²) in [6, 6.07) is 19.1. The molecule has 1 saturated heterocycles. The summed E-state index contributed by atoms with van der Waals surface area (Å²) in [5.74, 6) is -0.362. The number of nitrogens with zero attached hydrogens (tertiary/aromatic N) is 4. The Morgan fingerprint density at radius 1 is 1.15 bits per heavy atom. The predicted molar refractivity (Wildman–Crippen MR) is 131 cm³/mol. The summed E-state index contributed by atoms with van der Waals surface area (Å²) in [5.41, 5.74) is 5.66. The van der Waals surface area contributed by atoms with E-state index in [-0.39, 0.29) is 5.56 Å². The van der Waals surface area contributed by atoms with Crippen molar-refractivity contribution in [1.82, 2.24) is 9.88 Å². The fraction of sp³-hybridized carbons (Fsp3) is 0.222. The average molecular weight is 453 g/mol. The molecule has 170 valence electrons. The number of pyridine rings is 1. The highest BCUT2D eigenvalue weighted by Gasteiger charge is 2.26. The SMILES string of the molecule is CN(C)[C@H]1CCN(c2ccc(-c3ccnc4cc(-c5ccc(C(=O)O)cc5)oc34)cc2C#N)C1. The normalized spacial score (nSPS) is 15.7. The van der Waals surface area contributed by atoms with Gasteiger partial charge in [0.2, 0.25) is 0 Å². The summed E-state index contributed by atoms with van der Waals surface area (Å²) < 4.78 is 6.18. The lowest BCUT2D eigenvalue weighted by Gasteiger charge is -2.23. The molecule has 7 nitrogen and oxygen atoms in total. The Balaban J connectivity index is 1.51. The summed E-state index contributed by atoms with van der Waals surface area (Å²) in [6.07, 6.45) is 2.81. The molecule has 1 fully saturated rings. The van der Waals surface area contributed by atoms with Crippen LogP contribution in [0.15, 0.2) is 65.2 Å². The van der Waals surface area contributed by atoms with Gasteiger partial charge in [-0.15, -0.1) is 0 Å². The largest absolute Gasteiger partial charge is 0.478 e. The Morgan fingerprint density at radius 3 is 2.59 bits per heavy atom. The molecule has 1 N–H and O–H groups in total. The first-order chi connectivity index (χ1) is 16.4. The van der Waals surface area contributed by atoms with Crippen LogP contribution in [0.2, 0.25) is 0 Å². The number of aromatic carboxylic acids is 1. The van der Waals surface area contributed by atoms with Crippen molar-refractivity contribution < 1.29 is 14.3 Å². The molecular formula is C27H24N4O3. The molecule has 1 atom stereocenters. The van der Waals surface area contributed by atoms with E-state index < -0.39 is 5.97 Å². The summed E-state index contributed by atoms with van der Waals surface area (Å²) in [5, 5.41) is 19.0. The van der Waals surface area contributed by atoms with Crippen molar-refractivity contribution in [2.45, 2.75) is 12.5 Å². The number of fused-ring (bicyclic) bond motifs is 1. The number of furan rings is 1. The molecule has 0 aliphatic carbocycles. The molecule has 0 amide bonds. The summed E-state index contributed by atoms with van der Waals surface area (Å²) in [7, 11) is 4.19. The van der Waals surface area contributed by atoms with Gasteiger partial charge in [0, 0.05) is 42.5 Å². The van der Waals surface area contributed by atoms with Gasteiger partial charge < -0.3 is 19.3 Å². The molecule has 0 unspecified atom stereocenters. The standard InChI is InChI=1S/C27H24N4O3/c1-30(2)21-10-12-31(16-21)24-8-7-19(13-20(24)15-28)22-9-11-29-23-14-25(34-26(22)23)17-3-5-18(6-4-17)27(32)33/h3-9,11,13-14,21H,10,12,16H2,1-2H3,(H,32,33)/t21-/m0/s1. The number of carboxylic acids is 1. The number of rotatable bonds is 5. The van der Waals surface area contributed by atoms with Crippen LogP contribution in [0.1, 0.15) is 22.3 Å². The van der Waals surface area contributed by atoms with Crippen LogP contribution in [-0.4, -0.2) is 54.2 Å². The van der Waals surface area contributed by atoms with Crippen LogP contribution in [-0.2, 0) is 0 Å². The van der Waals surface area contributed by atoms with Gasteiger partial charge in [-0.25, -0.2) is 4.79 Å². The van der Waals surface area contributed by atoms with Crippen LogP contribution in [0.5, 0.6) is 0 Å². The highest BCUT2D eigenvalue weighted by molar-refractivity contribution is 5.93. The third-order valence-electron chi connectivity index (χ3n) is 6.49. The summed E-state index contributed by atoms with van der Waals surface area (Å²) in [4.78, 5) is 20.1. The van der Waals surface area contributed by atoms with Gasteiger partial charge in [0.25, 0.3) is 0 Å². The topological polar surface area (TPSA) is 93.6 Å². The van der Waals surface area contributed by atoms with E-state index in [1.807, 2.05) is 30.3 Å². The number of benzene rings is 2. The number of aromatic nitrogens is 1. The maximum absolute atomic E-state index is 11.1. The van der Waals surface area contributed by atoms with E-state index in [9.17, 15) is 10.1 Å². The quantitative estimate of drug-likeness (QED) is 0.462. The fourth-order valence-electron chi connectivity index (χ4n) is 4.54. The van der Waals surface area contributed by atoms with E-state index in [2.05, 4.69) is 34.9 Å². The molecular weight excluding hydrogens is 428 g/mol. The van der Waals surface area contributed by atoms with E-state index in [1.54, 1.807) is 30.5 Å². The molecule has 0 radical (unpaired) electrons. The molecule has 1 aliphatic rings. The smallest absolute Gasteiger partial charge is 0.335 e. The van der Waals surface area contributed by atoms with Crippen LogP contribution in [0.3, 0.4) is 0 Å². The first-order valence-corrected chi connectivity index (χ1v) is 11.1. The van der Waals surface area contributed by atoms with Gasteiger partial charge >= 0.3 is 5.97 Å². The predicted octanol–water partition coefficient (Wildman–Crippen LogP) is 4.87. The van der Waals surface area contributed by atoms with E-state index in [1.165, 1.54) is 0 Å². The van der Waals surface area contributed by atoms with Gasteiger partial charge in [-0.3, -0.25) is 4.98 Å². The zero-order chi connectivity index (χ0) is 23.8. The number of carboxylic acid groups (broad SMARTS) is 1. The van der Waals surface area contributed by atoms with E-state index in [0.29, 0.717) is 28.5 Å². The first-order valence-electron chi connectivity index (χ1n) is 11.1. The minimum Gasteiger partial charge on any atom is -0.478 e. The van der Waals surface area contributed by atoms with Crippen LogP contribution < -0.4 is 4.90 Å². The molecule has 0 saturated carbocycles. The molecule has 3 heterocycles. The minimum absolute atomic E-state index is 0.220. The number of carbonyl (C=O) groups is 1. The molecule has 2 aromatic carbocycles. The van der Waals surface area contributed by atoms with E-state index in [4.69, 9.17) is 9.52 Å². The third-order valence-corrected chi connectivity index (χ3v) is 6.49. The number of hydrogen-bond donors (Lipinski definition) is 1. The number of nitriles is 1. The Bertz CT molecular complexity index is 1420. The van der Waals surface area contributed by atoms with Crippen molar-refractivity contribution in [2.75, 3.05) is 32.1 Å². The molecule has 1 aliphatic heterocycles. The lowest BCUT2D eigenvalue weighted by molar-refractivity contribution is 0.0697. The van der Waals surface area contributed by atoms with Crippen molar-refractivity contribution in [3.05, 3.63) is 71.9 Å². The Labute approximate surface area is 197 Å². The fourth-order valence-corrected chi connectivity index (χ4v) is 4.54. The maximum atomic E-state index is 11.1. The van der Waals surface area contributed by atoms with Gasteiger partial charge in [0.1, 0.15) is 17.3 Å². The van der Waals surface area contributed by atoms with Crippen LogP contribution in [0.25, 0.3) is 33.6 Å². The molecule has 7 heteroatoms. The minimum atomic E-state index is -0.969. The lowest BCUT2D eigenvalue weighted by Crippen LogP contribution is -2.31. The van der Waals surface area contributed by atoms with Crippen LogP contribution >= 0.6 is 0 Å². The third kappa shape index (κ3) is 3.89. The molecule has 4 aromatic rings. The lowest BCUT2D eigenvalue weighted by atomic mass is 10.0. The number of anilines is 1. The molecule has 2 aromatic heterocycles. The monoisotopic (exact) mass is 452 g/mol. The van der Waals surface area contributed by atoms with Crippen molar-refractivity contribution in [3.8, 4) is 28.5 Å². The Kier molecular flexibility index (Phi) is 5.52. The van der Waals surface area contributed by atoms with E-state index >= 15 is 0 Å². The van der Waals surface area contributed by atoms with Gasteiger partial charge in [-0.05, 0) is 56.4 Å². The van der Waals surface area contributed by atoms with Gasteiger partial charge in [0.15, 0.2) is 5.58 Å². The van der Waals surface area contributed by atoms with Gasteiger partial charge in [-0.2, -0.15) is 5.26 Å².